The average Bonchev–Trinajstić information content (AvgIpc) is 3.88. The highest BCUT2D eigenvalue weighted by atomic mass is 15.4. The van der Waals surface area contributed by atoms with Crippen LogP contribution in [0, 0.1) is 17.8 Å². The molecule has 0 saturated heterocycles. The van der Waals surface area contributed by atoms with E-state index in [9.17, 15) is 0 Å². The summed E-state index contributed by atoms with van der Waals surface area (Å²) in [6.07, 6.45) is 2.30. The van der Waals surface area contributed by atoms with Crippen LogP contribution in [-0.4, -0.2) is 17.4 Å². The maximum absolute atomic E-state index is 2.87. The van der Waals surface area contributed by atoms with Crippen molar-refractivity contribution in [3.63, 3.8) is 0 Å². The lowest BCUT2D eigenvalue weighted by Crippen LogP contribution is -2.64. The van der Waals surface area contributed by atoms with Crippen LogP contribution in [0.4, 0.5) is 17.1 Å². The monoisotopic (exact) mass is 807 g/mol. The van der Waals surface area contributed by atoms with E-state index in [0.717, 1.165) is 12.8 Å². The summed E-state index contributed by atoms with van der Waals surface area (Å²) in [7, 11) is 0. The van der Waals surface area contributed by atoms with Crippen molar-refractivity contribution >= 4 is 45.6 Å². The zero-order chi connectivity index (χ0) is 42.8. The van der Waals surface area contributed by atoms with Crippen LogP contribution in [0.25, 0.3) is 38.8 Å². The van der Waals surface area contributed by atoms with E-state index in [-0.39, 0.29) is 40.4 Å². The molecule has 12 rings (SSSR count). The van der Waals surface area contributed by atoms with Crippen LogP contribution in [-0.2, 0) is 10.8 Å². The van der Waals surface area contributed by atoms with E-state index in [0.29, 0.717) is 0 Å². The number of nitrogens with zero attached hydrogens (tertiary/aromatic N) is 3. The van der Waals surface area contributed by atoms with Gasteiger partial charge in [0.25, 0.3) is 0 Å². The topological polar surface area (TPSA) is 11.4 Å². The Balaban J connectivity index is 1.23. The van der Waals surface area contributed by atoms with Gasteiger partial charge in [0.2, 0.25) is 6.71 Å². The molecular weight excluding hydrogens is 749 g/mol. The van der Waals surface area contributed by atoms with E-state index in [1.807, 2.05) is 0 Å². The molecule has 0 amide bonds. The highest BCUT2D eigenvalue weighted by molar-refractivity contribution is 6.91. The summed E-state index contributed by atoms with van der Waals surface area (Å²) >= 11 is 0. The number of aromatic nitrogens is 1. The summed E-state index contributed by atoms with van der Waals surface area (Å²) in [5.41, 5.74) is 23.5. The van der Waals surface area contributed by atoms with Crippen molar-refractivity contribution in [1.82, 2.24) is 4.57 Å². The van der Waals surface area contributed by atoms with Crippen molar-refractivity contribution in [3.8, 4) is 27.9 Å². The lowest BCUT2D eigenvalue weighted by Gasteiger charge is -2.51. The van der Waals surface area contributed by atoms with Crippen molar-refractivity contribution in [1.29, 1.82) is 0 Å². The zero-order valence-corrected chi connectivity index (χ0v) is 38.2. The number of hydrogen-bond acceptors (Lipinski definition) is 2. The van der Waals surface area contributed by atoms with Crippen molar-refractivity contribution in [2.45, 2.75) is 105 Å². The fraction of sp³-hybridized carbons (Fsp3) is 0.310. The second kappa shape index (κ2) is 12.5. The van der Waals surface area contributed by atoms with Gasteiger partial charge in [-0.25, -0.2) is 0 Å². The van der Waals surface area contributed by atoms with Gasteiger partial charge < -0.3 is 14.4 Å². The van der Waals surface area contributed by atoms with E-state index in [4.69, 9.17) is 0 Å². The summed E-state index contributed by atoms with van der Waals surface area (Å²) in [5, 5.41) is 1.39. The number of anilines is 3. The van der Waals surface area contributed by atoms with Crippen LogP contribution in [0.15, 0.2) is 145 Å². The molecule has 6 aromatic carbocycles. The lowest BCUT2D eigenvalue weighted by molar-refractivity contribution is 0.262. The van der Waals surface area contributed by atoms with Crippen LogP contribution >= 0.6 is 0 Å². The molecule has 4 heterocycles. The van der Waals surface area contributed by atoms with Crippen LogP contribution < -0.4 is 20.7 Å². The number of fused-ring (bicyclic) bond motifs is 10. The van der Waals surface area contributed by atoms with E-state index in [2.05, 4.69) is 217 Å². The third-order valence-corrected chi connectivity index (χ3v) is 16.0. The minimum absolute atomic E-state index is 0.00469. The Labute approximate surface area is 369 Å². The van der Waals surface area contributed by atoms with Gasteiger partial charge >= 0.3 is 0 Å². The van der Waals surface area contributed by atoms with Gasteiger partial charge in [-0.2, -0.15) is 0 Å². The largest absolute Gasteiger partial charge is 0.323 e. The van der Waals surface area contributed by atoms with Gasteiger partial charge in [0.15, 0.2) is 0 Å². The van der Waals surface area contributed by atoms with Gasteiger partial charge in [-0.15, -0.1) is 0 Å². The first-order valence-electron chi connectivity index (χ1n) is 23.1. The number of benzene rings is 6. The molecule has 1 aromatic heterocycles. The van der Waals surface area contributed by atoms with E-state index < -0.39 is 0 Å². The highest BCUT2D eigenvalue weighted by Crippen LogP contribution is 2.65. The molecule has 7 aromatic rings. The van der Waals surface area contributed by atoms with E-state index in [1.165, 1.54) is 94.9 Å². The van der Waals surface area contributed by atoms with Crippen LogP contribution in [0.5, 0.6) is 0 Å². The van der Waals surface area contributed by atoms with Gasteiger partial charge in [0.1, 0.15) is 6.17 Å². The smallest absolute Gasteiger partial charge is 0.228 e. The van der Waals surface area contributed by atoms with Gasteiger partial charge in [-0.1, -0.05) is 165 Å². The molecule has 2 unspecified atom stereocenters. The van der Waals surface area contributed by atoms with Crippen molar-refractivity contribution in [3.05, 3.63) is 167 Å². The molecule has 5 aliphatic rings. The molecule has 0 fully saturated rings. The molecule has 0 saturated carbocycles. The molecule has 0 radical (unpaired) electrons. The predicted molar refractivity (Wildman–Crippen MR) is 264 cm³/mol. The molecule has 3 nitrogen and oxygen atoms in total. The van der Waals surface area contributed by atoms with Crippen LogP contribution in [0.1, 0.15) is 97.5 Å². The normalized spacial score (nSPS) is 20.8. The predicted octanol–water partition coefficient (Wildman–Crippen LogP) is 13.6. The maximum Gasteiger partial charge on any atom is 0.228 e. The molecule has 308 valence electrons. The number of rotatable bonds is 3. The zero-order valence-electron chi connectivity index (χ0n) is 38.2. The molecule has 3 aliphatic heterocycles. The Morgan fingerprint density at radius 1 is 0.629 bits per heavy atom. The summed E-state index contributed by atoms with van der Waals surface area (Å²) in [6, 6.07) is 51.6. The van der Waals surface area contributed by atoms with E-state index >= 15 is 0 Å². The fourth-order valence-corrected chi connectivity index (χ4v) is 13.1. The Morgan fingerprint density at radius 2 is 1.29 bits per heavy atom. The first-order chi connectivity index (χ1) is 29.6. The third kappa shape index (κ3) is 4.90. The Morgan fingerprint density at radius 3 is 2.03 bits per heavy atom. The standard InChI is InChI=1S/C58H58BN3/c1-35-33-45-49-46(34-35)61-51-41(47-40-22-14-16-24-42(40)58(9,10)52(47)61)23-18-25-43(51)59(49)50-48-53(57(7,8)32-31-56(48,5)6)62(44-26-17-15-21-39(44)36-19-12-11-13-20-36)54(50)60(45)38-29-27-37(28-30-38)55(2,3)4/h11-30,33-34,50,54H,31-32H2,1-10H3. The maximum atomic E-state index is 2.87. The third-order valence-electron chi connectivity index (χ3n) is 16.0. The molecule has 0 spiro atoms. The van der Waals surface area contributed by atoms with Crippen molar-refractivity contribution in [2.24, 2.45) is 10.8 Å². The van der Waals surface area contributed by atoms with Crippen LogP contribution in [0.2, 0.25) is 5.82 Å². The molecular formula is C58H58BN3. The van der Waals surface area contributed by atoms with Gasteiger partial charge in [-0.3, -0.25) is 0 Å². The average molecular weight is 808 g/mol. The Kier molecular flexibility index (Phi) is 7.64. The molecule has 0 N–H and O–H groups in total. The highest BCUT2D eigenvalue weighted by Gasteiger charge is 2.62. The van der Waals surface area contributed by atoms with Gasteiger partial charge in [0, 0.05) is 67.1 Å². The summed E-state index contributed by atoms with van der Waals surface area (Å²) < 4.78 is 2.74. The van der Waals surface area contributed by atoms with Crippen molar-refractivity contribution < 1.29 is 0 Å². The fourth-order valence-electron chi connectivity index (χ4n) is 13.1. The van der Waals surface area contributed by atoms with Crippen LogP contribution in [0.3, 0.4) is 0 Å². The summed E-state index contributed by atoms with van der Waals surface area (Å²) in [4.78, 5) is 5.68. The molecule has 2 atom stereocenters. The first-order valence-corrected chi connectivity index (χ1v) is 23.1. The second-order valence-corrected chi connectivity index (χ2v) is 22.1. The van der Waals surface area contributed by atoms with Crippen molar-refractivity contribution in [2.75, 3.05) is 9.80 Å². The molecule has 4 heteroatoms. The quantitative estimate of drug-likeness (QED) is 0.165. The minimum atomic E-state index is -0.165. The SMILES string of the molecule is Cc1cc2c3c(c1)-n1c4c(c5cccc(c51)B3C1C3=C(N(c5ccccc5-c5ccccc5)C1N2c1ccc(C(C)(C)C)cc1)C(C)(C)CCC3(C)C)-c1ccccc1C4(C)C. The summed E-state index contributed by atoms with van der Waals surface area (Å²) in [6.45, 7) is 24.6. The molecule has 0 bridgehead atoms. The Bertz CT molecular complexity index is 3060. The molecule has 62 heavy (non-hydrogen) atoms. The number of para-hydroxylation sites is 2. The number of aryl methyl sites for hydroxylation is 1. The number of allylic oxidation sites excluding steroid dienone is 1. The first kappa shape index (κ1) is 38.0. The molecule has 2 aliphatic carbocycles. The number of hydrogen-bond donors (Lipinski definition) is 0. The van der Waals surface area contributed by atoms with Gasteiger partial charge in [0.05, 0.1) is 5.69 Å². The summed E-state index contributed by atoms with van der Waals surface area (Å²) in [5.74, 6) is 0.184. The second-order valence-electron chi connectivity index (χ2n) is 22.1. The minimum Gasteiger partial charge on any atom is -0.323 e. The Hall–Kier alpha value is -5.74. The lowest BCUT2D eigenvalue weighted by atomic mass is 9.28. The van der Waals surface area contributed by atoms with E-state index in [1.54, 1.807) is 5.57 Å². The van der Waals surface area contributed by atoms with Gasteiger partial charge in [-0.05, 0) is 105 Å².